The molecule has 7 heteroatoms. The van der Waals surface area contributed by atoms with Gasteiger partial charge in [0, 0.05) is 26.3 Å². The molecule has 0 aliphatic carbocycles. The summed E-state index contributed by atoms with van der Waals surface area (Å²) in [4.78, 5) is 12.8. The van der Waals surface area contributed by atoms with Crippen LogP contribution in [0.2, 0.25) is 0 Å². The van der Waals surface area contributed by atoms with Crippen molar-refractivity contribution in [2.24, 2.45) is 12.8 Å². The summed E-state index contributed by atoms with van der Waals surface area (Å²) < 4.78 is 25.9. The molecule has 1 rings (SSSR count). The molecule has 2 N–H and O–H groups in total. The summed E-state index contributed by atoms with van der Waals surface area (Å²) in [6, 6.07) is 0. The van der Waals surface area contributed by atoms with Crippen molar-refractivity contribution in [3.63, 3.8) is 0 Å². The van der Waals surface area contributed by atoms with Crippen LogP contribution >= 0.6 is 0 Å². The molecule has 0 fully saturated rings. The van der Waals surface area contributed by atoms with Crippen molar-refractivity contribution in [2.75, 3.05) is 19.6 Å². The third-order valence-corrected chi connectivity index (χ3v) is 2.00. The Morgan fingerprint density at radius 1 is 1.69 bits per heavy atom. The van der Waals surface area contributed by atoms with Gasteiger partial charge in [-0.25, -0.2) is 8.78 Å². The number of hydrogen-bond donors (Lipinski definition) is 1. The Hall–Kier alpha value is -1.50. The molecule has 0 radical (unpaired) electrons. The Bertz CT molecular complexity index is 353. The van der Waals surface area contributed by atoms with Crippen LogP contribution < -0.4 is 5.73 Å². The van der Waals surface area contributed by atoms with E-state index in [2.05, 4.69) is 5.10 Å². The molecule has 0 saturated carbocycles. The van der Waals surface area contributed by atoms with Crippen LogP contribution in [-0.2, 0) is 7.05 Å². The maximum atomic E-state index is 12.2. The normalized spacial score (nSPS) is 10.8. The van der Waals surface area contributed by atoms with E-state index in [9.17, 15) is 13.6 Å². The number of carbonyl (C=O) groups excluding carboxylic acids is 1. The third-order valence-electron chi connectivity index (χ3n) is 2.00. The second-order valence-corrected chi connectivity index (χ2v) is 3.33. The van der Waals surface area contributed by atoms with Gasteiger partial charge < -0.3 is 10.6 Å². The van der Waals surface area contributed by atoms with Crippen molar-refractivity contribution < 1.29 is 13.6 Å². The molecule has 1 amide bonds. The number of aryl methyl sites for hydroxylation is 1. The van der Waals surface area contributed by atoms with Gasteiger partial charge in [-0.3, -0.25) is 9.48 Å². The zero-order valence-electron chi connectivity index (χ0n) is 8.94. The maximum Gasteiger partial charge on any atom is 0.257 e. The van der Waals surface area contributed by atoms with Gasteiger partial charge in [0.05, 0.1) is 18.3 Å². The molecular weight excluding hydrogens is 218 g/mol. The highest BCUT2D eigenvalue weighted by Gasteiger charge is 2.19. The van der Waals surface area contributed by atoms with Crippen molar-refractivity contribution in [3.8, 4) is 0 Å². The smallest absolute Gasteiger partial charge is 0.257 e. The van der Waals surface area contributed by atoms with Gasteiger partial charge in [-0.2, -0.15) is 5.10 Å². The van der Waals surface area contributed by atoms with Crippen molar-refractivity contribution >= 4 is 5.91 Å². The van der Waals surface area contributed by atoms with Crippen LogP contribution in [0.1, 0.15) is 10.4 Å². The molecule has 0 aliphatic heterocycles. The van der Waals surface area contributed by atoms with Gasteiger partial charge in [-0.15, -0.1) is 0 Å². The molecule has 0 unspecified atom stereocenters. The summed E-state index contributed by atoms with van der Waals surface area (Å²) in [6.45, 7) is -0.346. The van der Waals surface area contributed by atoms with E-state index >= 15 is 0 Å². The van der Waals surface area contributed by atoms with Crippen LogP contribution in [0, 0.1) is 0 Å². The van der Waals surface area contributed by atoms with Gasteiger partial charge in [0.2, 0.25) is 0 Å². The second-order valence-electron chi connectivity index (χ2n) is 3.33. The van der Waals surface area contributed by atoms with Gasteiger partial charge in [0.15, 0.2) is 0 Å². The summed E-state index contributed by atoms with van der Waals surface area (Å²) in [5, 5.41) is 3.81. The first-order valence-corrected chi connectivity index (χ1v) is 4.80. The van der Waals surface area contributed by atoms with Crippen LogP contribution in [0.3, 0.4) is 0 Å². The molecule has 0 spiro atoms. The molecule has 16 heavy (non-hydrogen) atoms. The zero-order valence-corrected chi connectivity index (χ0v) is 8.94. The zero-order chi connectivity index (χ0) is 12.1. The van der Waals surface area contributed by atoms with E-state index in [-0.39, 0.29) is 18.7 Å². The van der Waals surface area contributed by atoms with Crippen molar-refractivity contribution in [1.82, 2.24) is 14.7 Å². The third kappa shape index (κ3) is 3.27. The number of nitrogens with two attached hydrogens (primary N) is 1. The average Bonchev–Trinajstić information content (AvgIpc) is 2.62. The van der Waals surface area contributed by atoms with E-state index in [1.165, 1.54) is 17.1 Å². The Morgan fingerprint density at radius 3 is 2.81 bits per heavy atom. The van der Waals surface area contributed by atoms with Gasteiger partial charge in [0.1, 0.15) is 0 Å². The topological polar surface area (TPSA) is 64.2 Å². The van der Waals surface area contributed by atoms with Crippen LogP contribution in [0.4, 0.5) is 8.78 Å². The number of alkyl halides is 2. The standard InChI is InChI=1S/C9H14F2N4O/c1-14-5-7(4-13-14)9(16)15(3-2-12)6-8(10)11/h4-5,8H,2-3,6,12H2,1H3. The summed E-state index contributed by atoms with van der Waals surface area (Å²) in [7, 11) is 1.65. The van der Waals surface area contributed by atoms with Crippen molar-refractivity contribution in [2.45, 2.75) is 6.43 Å². The minimum Gasteiger partial charge on any atom is -0.332 e. The van der Waals surface area contributed by atoms with Crippen molar-refractivity contribution in [3.05, 3.63) is 18.0 Å². The lowest BCUT2D eigenvalue weighted by atomic mass is 10.3. The monoisotopic (exact) mass is 232 g/mol. The first kappa shape index (κ1) is 12.6. The fourth-order valence-electron chi connectivity index (χ4n) is 1.31. The number of carbonyl (C=O) groups is 1. The molecule has 1 aromatic rings. The Kier molecular flexibility index (Phi) is 4.36. The molecular formula is C9H14F2N4O. The minimum atomic E-state index is -2.56. The Labute approximate surface area is 91.8 Å². The Morgan fingerprint density at radius 2 is 2.38 bits per heavy atom. The summed E-state index contributed by atoms with van der Waals surface area (Å²) in [6.07, 6.45) is 0.265. The number of nitrogens with zero attached hydrogens (tertiary/aromatic N) is 3. The molecule has 90 valence electrons. The van der Waals surface area contributed by atoms with Crippen LogP contribution in [0.25, 0.3) is 0 Å². The van der Waals surface area contributed by atoms with E-state index in [4.69, 9.17) is 5.73 Å². The number of hydrogen-bond acceptors (Lipinski definition) is 3. The fraction of sp³-hybridized carbons (Fsp3) is 0.556. The second kappa shape index (κ2) is 5.55. The average molecular weight is 232 g/mol. The van der Waals surface area contributed by atoms with Gasteiger partial charge in [0.25, 0.3) is 12.3 Å². The van der Waals surface area contributed by atoms with Gasteiger partial charge in [-0.1, -0.05) is 0 Å². The lowest BCUT2D eigenvalue weighted by Crippen LogP contribution is -2.38. The van der Waals surface area contributed by atoms with E-state index in [1.807, 2.05) is 0 Å². The summed E-state index contributed by atoms with van der Waals surface area (Å²) in [5.74, 6) is -0.473. The largest absolute Gasteiger partial charge is 0.332 e. The molecule has 0 aliphatic rings. The molecule has 5 nitrogen and oxygen atoms in total. The highest BCUT2D eigenvalue weighted by molar-refractivity contribution is 5.93. The summed E-state index contributed by atoms with van der Waals surface area (Å²) >= 11 is 0. The lowest BCUT2D eigenvalue weighted by Gasteiger charge is -2.20. The predicted molar refractivity (Wildman–Crippen MR) is 54.2 cm³/mol. The SMILES string of the molecule is Cn1cc(C(=O)N(CCN)CC(F)F)cn1. The van der Waals surface area contributed by atoms with Gasteiger partial charge >= 0.3 is 0 Å². The highest BCUT2D eigenvalue weighted by Crippen LogP contribution is 2.06. The maximum absolute atomic E-state index is 12.2. The molecule has 0 aromatic carbocycles. The fourth-order valence-corrected chi connectivity index (χ4v) is 1.31. The van der Waals surface area contributed by atoms with E-state index in [1.54, 1.807) is 7.05 Å². The van der Waals surface area contributed by atoms with Crippen LogP contribution in [-0.4, -0.2) is 46.6 Å². The minimum absolute atomic E-state index is 0.109. The van der Waals surface area contributed by atoms with Crippen molar-refractivity contribution in [1.29, 1.82) is 0 Å². The van der Waals surface area contributed by atoms with E-state index in [0.717, 1.165) is 4.90 Å². The predicted octanol–water partition coefficient (Wildman–Crippen LogP) is 0.0861. The number of aromatic nitrogens is 2. The highest BCUT2D eigenvalue weighted by atomic mass is 19.3. The quantitative estimate of drug-likeness (QED) is 0.782. The van der Waals surface area contributed by atoms with Gasteiger partial charge in [-0.05, 0) is 0 Å². The number of halogens is 2. The molecule has 0 saturated heterocycles. The molecule has 1 heterocycles. The van der Waals surface area contributed by atoms with Crippen LogP contribution in [0.15, 0.2) is 12.4 Å². The lowest BCUT2D eigenvalue weighted by molar-refractivity contribution is 0.0563. The first-order chi connectivity index (χ1) is 7.54. The number of rotatable bonds is 5. The summed E-state index contributed by atoms with van der Waals surface area (Å²) in [5.41, 5.74) is 5.56. The molecule has 1 aromatic heterocycles. The van der Waals surface area contributed by atoms with E-state index in [0.29, 0.717) is 0 Å². The van der Waals surface area contributed by atoms with Crippen LogP contribution in [0.5, 0.6) is 0 Å². The first-order valence-electron chi connectivity index (χ1n) is 4.80. The molecule has 0 bridgehead atoms. The Balaban J connectivity index is 2.74. The van der Waals surface area contributed by atoms with E-state index < -0.39 is 18.9 Å². The number of amides is 1. The molecule has 0 atom stereocenters.